The van der Waals surface area contributed by atoms with Gasteiger partial charge in [-0.1, -0.05) is 6.07 Å². The molecule has 2 aromatic carbocycles. The van der Waals surface area contributed by atoms with E-state index in [-0.39, 0.29) is 22.9 Å². The second-order valence-corrected chi connectivity index (χ2v) is 9.28. The fourth-order valence-corrected chi connectivity index (χ4v) is 4.46. The molecule has 1 atom stereocenters. The van der Waals surface area contributed by atoms with E-state index in [1.54, 1.807) is 68.3 Å². The molecular weight excluding hydrogens is 516 g/mol. The average Bonchev–Trinajstić information content (AvgIpc) is 3.38. The van der Waals surface area contributed by atoms with Crippen LogP contribution in [-0.4, -0.2) is 51.8 Å². The van der Waals surface area contributed by atoms with E-state index in [0.717, 1.165) is 4.31 Å². The number of hydrogen-bond donors (Lipinski definition) is 2. The van der Waals surface area contributed by atoms with E-state index < -0.39 is 17.4 Å². The van der Waals surface area contributed by atoms with Crippen molar-refractivity contribution >= 4 is 39.9 Å². The van der Waals surface area contributed by atoms with Gasteiger partial charge in [-0.3, -0.25) is 13.3 Å². The zero-order valence-electron chi connectivity index (χ0n) is 21.0. The number of nitrogens with zero attached hydrogens (tertiary/aromatic N) is 5. The molecule has 1 unspecified atom stereocenters. The SMILES string of the molecule is Cn1cnc(N(c2cc3c(cc2Oc2cccc(OCCCCNC(=O)O)c2)n(C)c(=O)n3C)S(=O)[O-])c1. The highest BCUT2D eigenvalue weighted by molar-refractivity contribution is 7.81. The first-order valence-corrected chi connectivity index (χ1v) is 12.6. The Balaban J connectivity index is 1.66. The summed E-state index contributed by atoms with van der Waals surface area (Å²) in [5.41, 5.74) is 0.963. The van der Waals surface area contributed by atoms with E-state index >= 15 is 0 Å². The summed E-state index contributed by atoms with van der Waals surface area (Å²) in [6.45, 7) is 0.708. The summed E-state index contributed by atoms with van der Waals surface area (Å²) in [6.07, 6.45) is 3.23. The molecule has 4 rings (SSSR count). The van der Waals surface area contributed by atoms with Crippen LogP contribution < -0.4 is 24.8 Å². The quantitative estimate of drug-likeness (QED) is 0.216. The highest BCUT2D eigenvalue weighted by Crippen LogP contribution is 2.40. The van der Waals surface area contributed by atoms with Crippen molar-refractivity contribution in [3.8, 4) is 17.2 Å². The van der Waals surface area contributed by atoms with E-state index in [2.05, 4.69) is 10.3 Å². The summed E-state index contributed by atoms with van der Waals surface area (Å²) in [6, 6.07) is 10.0. The Hall–Kier alpha value is -4.30. The molecule has 0 spiro atoms. The molecule has 4 aromatic rings. The molecule has 2 heterocycles. The van der Waals surface area contributed by atoms with Crippen LogP contribution in [0.25, 0.3) is 11.0 Å². The van der Waals surface area contributed by atoms with Crippen molar-refractivity contribution in [3.05, 3.63) is 59.4 Å². The fourth-order valence-electron chi connectivity index (χ4n) is 3.91. The minimum absolute atomic E-state index is 0.153. The first-order valence-electron chi connectivity index (χ1n) is 11.6. The first kappa shape index (κ1) is 26.8. The molecule has 0 bridgehead atoms. The molecule has 2 N–H and O–H groups in total. The van der Waals surface area contributed by atoms with Crippen LogP contribution in [0.4, 0.5) is 16.3 Å². The maximum Gasteiger partial charge on any atom is 0.404 e. The molecule has 38 heavy (non-hydrogen) atoms. The number of hydrogen-bond acceptors (Lipinski definition) is 7. The van der Waals surface area contributed by atoms with Crippen molar-refractivity contribution in [2.45, 2.75) is 12.8 Å². The number of anilines is 2. The number of aryl methyl sites for hydroxylation is 3. The van der Waals surface area contributed by atoms with Crippen LogP contribution in [0.5, 0.6) is 17.2 Å². The van der Waals surface area contributed by atoms with Crippen molar-refractivity contribution in [2.24, 2.45) is 21.1 Å². The molecule has 0 aliphatic rings. The van der Waals surface area contributed by atoms with Crippen LogP contribution in [0.3, 0.4) is 0 Å². The van der Waals surface area contributed by atoms with Crippen LogP contribution in [0.1, 0.15) is 12.8 Å². The molecule has 13 nitrogen and oxygen atoms in total. The van der Waals surface area contributed by atoms with E-state index in [9.17, 15) is 18.4 Å². The van der Waals surface area contributed by atoms with Gasteiger partial charge >= 0.3 is 11.8 Å². The van der Waals surface area contributed by atoms with Gasteiger partial charge in [-0.15, -0.1) is 0 Å². The minimum atomic E-state index is -2.76. The lowest BCUT2D eigenvalue weighted by molar-refractivity contribution is 0.194. The Bertz CT molecular complexity index is 1540. The molecule has 1 amide bonds. The molecule has 0 saturated carbocycles. The maximum atomic E-state index is 12.6. The Labute approximate surface area is 220 Å². The van der Waals surface area contributed by atoms with Gasteiger partial charge in [0.2, 0.25) is 0 Å². The zero-order chi connectivity index (χ0) is 27.4. The van der Waals surface area contributed by atoms with Crippen LogP contribution in [-0.2, 0) is 32.4 Å². The third-order valence-electron chi connectivity index (χ3n) is 5.77. The normalized spacial score (nSPS) is 11.9. The van der Waals surface area contributed by atoms with Crippen LogP contribution in [0.2, 0.25) is 0 Å². The van der Waals surface area contributed by atoms with Crippen LogP contribution in [0.15, 0.2) is 53.7 Å². The fraction of sp³-hybridized carbons (Fsp3) is 0.292. The second-order valence-electron chi connectivity index (χ2n) is 8.48. The number of carboxylic acid groups (broad SMARTS) is 1. The molecule has 0 aliphatic carbocycles. The third-order valence-corrected chi connectivity index (χ3v) is 6.45. The first-order chi connectivity index (χ1) is 18.2. The summed E-state index contributed by atoms with van der Waals surface area (Å²) in [4.78, 5) is 27.3. The number of fused-ring (bicyclic) bond motifs is 1. The molecular formula is C24H27N6O7S-. The van der Waals surface area contributed by atoms with Crippen molar-refractivity contribution < 1.29 is 28.1 Å². The van der Waals surface area contributed by atoms with Crippen LogP contribution >= 0.6 is 0 Å². The number of unbranched alkanes of at least 4 members (excludes halogenated alkanes) is 1. The molecule has 0 aliphatic heterocycles. The molecule has 0 radical (unpaired) electrons. The van der Waals surface area contributed by atoms with Gasteiger partial charge in [0.25, 0.3) is 0 Å². The molecule has 2 aromatic heterocycles. The smallest absolute Gasteiger partial charge is 0.404 e. The van der Waals surface area contributed by atoms with Crippen molar-refractivity contribution in [3.63, 3.8) is 0 Å². The molecule has 0 fully saturated rings. The van der Waals surface area contributed by atoms with Gasteiger partial charge in [-0.25, -0.2) is 18.9 Å². The summed E-state index contributed by atoms with van der Waals surface area (Å²) < 4.78 is 42.2. The summed E-state index contributed by atoms with van der Waals surface area (Å²) >= 11 is -2.76. The van der Waals surface area contributed by atoms with Gasteiger partial charge in [0.1, 0.15) is 17.2 Å². The summed E-state index contributed by atoms with van der Waals surface area (Å²) in [5, 5.41) is 10.9. The van der Waals surface area contributed by atoms with Gasteiger partial charge in [0.15, 0.2) is 11.6 Å². The van der Waals surface area contributed by atoms with Crippen molar-refractivity contribution in [1.82, 2.24) is 24.0 Å². The van der Waals surface area contributed by atoms with Gasteiger partial charge in [0, 0.05) is 46.0 Å². The van der Waals surface area contributed by atoms with Crippen molar-refractivity contribution in [2.75, 3.05) is 17.5 Å². The third kappa shape index (κ3) is 5.81. The second kappa shape index (κ2) is 11.4. The highest BCUT2D eigenvalue weighted by atomic mass is 32.2. The number of imidazole rings is 2. The van der Waals surface area contributed by atoms with E-state index in [0.29, 0.717) is 48.5 Å². The predicted octanol–water partition coefficient (Wildman–Crippen LogP) is 2.76. The number of ether oxygens (including phenoxy) is 2. The minimum Gasteiger partial charge on any atom is -0.755 e. The lowest BCUT2D eigenvalue weighted by Crippen LogP contribution is -2.22. The lowest BCUT2D eigenvalue weighted by Gasteiger charge is -2.26. The van der Waals surface area contributed by atoms with E-state index in [4.69, 9.17) is 14.6 Å². The molecule has 202 valence electrons. The highest BCUT2D eigenvalue weighted by Gasteiger charge is 2.22. The number of benzene rings is 2. The predicted molar refractivity (Wildman–Crippen MR) is 140 cm³/mol. The number of carbonyl (C=O) groups is 1. The summed E-state index contributed by atoms with van der Waals surface area (Å²) in [5.74, 6) is 1.25. The number of aromatic nitrogens is 4. The van der Waals surface area contributed by atoms with Gasteiger partial charge in [-0.05, 0) is 31.0 Å². The molecule has 0 saturated heterocycles. The Kier molecular flexibility index (Phi) is 8.02. The van der Waals surface area contributed by atoms with Gasteiger partial charge < -0.3 is 29.0 Å². The average molecular weight is 544 g/mol. The Morgan fingerprint density at radius 3 is 2.50 bits per heavy atom. The lowest BCUT2D eigenvalue weighted by atomic mass is 10.2. The zero-order valence-corrected chi connectivity index (χ0v) is 21.8. The van der Waals surface area contributed by atoms with Crippen LogP contribution in [0, 0.1) is 0 Å². The van der Waals surface area contributed by atoms with Crippen molar-refractivity contribution in [1.29, 1.82) is 0 Å². The van der Waals surface area contributed by atoms with Gasteiger partial charge in [-0.2, -0.15) is 0 Å². The Morgan fingerprint density at radius 1 is 1.13 bits per heavy atom. The standard InChI is InChI=1S/C24H28N6O7S/c1-27-14-22(26-15-27)30(38(34)35)20-12-18-19(29(3)24(33)28(18)2)13-21(20)37-17-8-6-7-16(11-17)36-10-5-4-9-25-23(31)32/h6-8,11-15,25H,4-5,9-10H2,1-3H3,(H,31,32)(H,34,35)/p-1. The Morgan fingerprint density at radius 2 is 1.84 bits per heavy atom. The maximum absolute atomic E-state index is 12.6. The number of amides is 1. The summed E-state index contributed by atoms with van der Waals surface area (Å²) in [7, 11) is 4.95. The monoisotopic (exact) mass is 543 g/mol. The number of rotatable bonds is 11. The van der Waals surface area contributed by atoms with E-state index in [1.165, 1.54) is 15.5 Å². The largest absolute Gasteiger partial charge is 0.755 e. The molecule has 14 heteroatoms. The van der Waals surface area contributed by atoms with Gasteiger partial charge in [0.05, 0.1) is 35.2 Å². The topological polar surface area (TPSA) is 156 Å². The van der Waals surface area contributed by atoms with E-state index in [1.807, 2.05) is 0 Å². The number of nitrogens with one attached hydrogen (secondary N) is 1.